The van der Waals surface area contributed by atoms with E-state index in [9.17, 15) is 10.4 Å². The molecule has 2 aromatic rings. The monoisotopic (exact) mass is 257 g/mol. The number of benzene rings is 1. The third-order valence-electron chi connectivity index (χ3n) is 2.96. The molecule has 0 amide bonds. The van der Waals surface area contributed by atoms with Gasteiger partial charge in [0, 0.05) is 29.6 Å². The van der Waals surface area contributed by atoms with Gasteiger partial charge in [0.2, 0.25) is 11.4 Å². The van der Waals surface area contributed by atoms with Crippen LogP contribution in [0.5, 0.6) is 0 Å². The van der Waals surface area contributed by atoms with Crippen molar-refractivity contribution in [1.29, 1.82) is 0 Å². The predicted octanol–water partition coefficient (Wildman–Crippen LogP) is -0.980. The van der Waals surface area contributed by atoms with E-state index < -0.39 is 10.2 Å². The van der Waals surface area contributed by atoms with Crippen LogP contribution in [0.3, 0.4) is 0 Å². The Morgan fingerprint density at radius 1 is 0.947 bits per heavy atom. The molecule has 2 atom stereocenters. The fraction of sp³-hybridized carbons (Fsp3) is 0. The lowest BCUT2D eigenvalue weighted by molar-refractivity contribution is -0.812. The molecule has 7 nitrogen and oxygen atoms in total. The van der Waals surface area contributed by atoms with Crippen molar-refractivity contribution in [2.24, 2.45) is 10.8 Å². The van der Waals surface area contributed by atoms with Crippen LogP contribution in [-0.4, -0.2) is 10.9 Å². The summed E-state index contributed by atoms with van der Waals surface area (Å²) in [7, 11) is 0. The molecule has 2 unspecified atom stereocenters. The number of hydroxylamine groups is 1. The quantitative estimate of drug-likeness (QED) is 0.571. The zero-order valence-electron chi connectivity index (χ0n) is 9.83. The number of aromatic nitrogens is 1. The fourth-order valence-electron chi connectivity index (χ4n) is 2.00. The van der Waals surface area contributed by atoms with Crippen LogP contribution in [-0.2, 0) is 0 Å². The summed E-state index contributed by atoms with van der Waals surface area (Å²) in [4.78, 5) is 3.94. The second kappa shape index (κ2) is 4.41. The van der Waals surface area contributed by atoms with Crippen LogP contribution in [0.2, 0.25) is 0 Å². The molecule has 0 saturated heterocycles. The highest BCUT2D eigenvalue weighted by Crippen LogP contribution is 2.25. The van der Waals surface area contributed by atoms with E-state index in [4.69, 9.17) is 5.73 Å². The molecular weight excluding hydrogens is 246 g/mol. The van der Waals surface area contributed by atoms with E-state index >= 15 is 0 Å². The summed E-state index contributed by atoms with van der Waals surface area (Å²) in [6.45, 7) is 0. The van der Waals surface area contributed by atoms with Gasteiger partial charge in [0.1, 0.15) is 0 Å². The van der Waals surface area contributed by atoms with E-state index in [-0.39, 0.29) is 11.6 Å². The number of nitrogens with zero attached hydrogens (tertiary/aromatic N) is 2. The maximum atomic E-state index is 11.8. The zero-order valence-corrected chi connectivity index (χ0v) is 9.83. The molecule has 96 valence electrons. The molecule has 3 rings (SSSR count). The van der Waals surface area contributed by atoms with Crippen molar-refractivity contribution >= 4 is 17.3 Å². The van der Waals surface area contributed by atoms with Gasteiger partial charge in [-0.05, 0) is 29.3 Å². The Kier molecular flexibility index (Phi) is 2.73. The van der Waals surface area contributed by atoms with Crippen LogP contribution < -0.4 is 16.0 Å². The molecule has 0 spiro atoms. The molecule has 7 heteroatoms. The molecule has 0 radical (unpaired) electrons. The smallest absolute Gasteiger partial charge is 0.351 e. The van der Waals surface area contributed by atoms with Gasteiger partial charge in [0.15, 0.2) is 0 Å². The van der Waals surface area contributed by atoms with Crippen LogP contribution >= 0.6 is 0 Å². The highest BCUT2D eigenvalue weighted by atomic mass is 16.5. The van der Waals surface area contributed by atoms with Gasteiger partial charge in [-0.25, -0.2) is 0 Å². The average molecular weight is 257 g/mol. The minimum Gasteiger partial charge on any atom is -0.621 e. The van der Waals surface area contributed by atoms with Crippen molar-refractivity contribution < 1.29 is 10.2 Å². The zero-order chi connectivity index (χ0) is 13.4. The maximum absolute atomic E-state index is 11.8. The number of guanidine groups is 1. The van der Waals surface area contributed by atoms with Crippen LogP contribution in [0.25, 0.3) is 11.1 Å². The summed E-state index contributed by atoms with van der Waals surface area (Å²) in [5.74, 6) is -0.255. The number of fused-ring (bicyclic) bond motifs is 1. The molecule has 1 aromatic heterocycles. The molecular formula is C12H11N5O2. The van der Waals surface area contributed by atoms with E-state index in [2.05, 4.69) is 10.1 Å². The number of pyridine rings is 1. The fourth-order valence-corrected chi connectivity index (χ4v) is 2.00. The number of quaternary nitrogens is 2. The standard InChI is InChI=1S/C12H11N5O2/c13-12-15-17(19)11-7-9(1-2-10(11)16(12)18)8-3-5-14-6-4-8/h1-7,16-17H,(H2,13,15). The lowest BCUT2D eigenvalue weighted by Crippen LogP contribution is -3.14. The second-order valence-electron chi connectivity index (χ2n) is 4.13. The first-order chi connectivity index (χ1) is 9.16. The lowest BCUT2D eigenvalue weighted by atomic mass is 10.1. The number of nitrogens with two attached hydrogens (primary N) is 1. The molecule has 0 aliphatic carbocycles. The Morgan fingerprint density at radius 3 is 2.42 bits per heavy atom. The topological polar surface area (TPSA) is 106 Å². The van der Waals surface area contributed by atoms with Crippen LogP contribution in [0.15, 0.2) is 47.8 Å². The second-order valence-corrected chi connectivity index (χ2v) is 4.13. The minimum atomic E-state index is -0.483. The number of hydrogen-bond acceptors (Lipinski definition) is 5. The molecule has 2 heterocycles. The van der Waals surface area contributed by atoms with E-state index in [1.807, 2.05) is 12.1 Å². The van der Waals surface area contributed by atoms with E-state index in [1.165, 1.54) is 0 Å². The van der Waals surface area contributed by atoms with Crippen LogP contribution in [0.4, 0.5) is 11.4 Å². The molecule has 4 N–H and O–H groups in total. The van der Waals surface area contributed by atoms with Gasteiger partial charge in [-0.1, -0.05) is 0 Å². The highest BCUT2D eigenvalue weighted by Gasteiger charge is 2.26. The molecule has 1 aromatic carbocycles. The molecule has 1 aliphatic heterocycles. The largest absolute Gasteiger partial charge is 0.621 e. The first-order valence-corrected chi connectivity index (χ1v) is 5.64. The molecule has 0 saturated carbocycles. The van der Waals surface area contributed by atoms with E-state index in [1.54, 1.807) is 30.6 Å². The Morgan fingerprint density at radius 2 is 1.68 bits per heavy atom. The Hall–Kier alpha value is -2.32. The molecule has 19 heavy (non-hydrogen) atoms. The summed E-state index contributed by atoms with van der Waals surface area (Å²) < 4.78 is 0. The first-order valence-electron chi connectivity index (χ1n) is 5.64. The minimum absolute atomic E-state index is 0.255. The van der Waals surface area contributed by atoms with Gasteiger partial charge in [0.25, 0.3) is 0 Å². The van der Waals surface area contributed by atoms with Gasteiger partial charge in [-0.2, -0.15) is 5.17 Å². The third-order valence-corrected chi connectivity index (χ3v) is 2.96. The average Bonchev–Trinajstić information content (AvgIpc) is 2.45. The Labute approximate surface area is 108 Å². The van der Waals surface area contributed by atoms with Gasteiger partial charge < -0.3 is 16.1 Å². The summed E-state index contributed by atoms with van der Waals surface area (Å²) in [6.07, 6.45) is 3.33. The SMILES string of the molecule is NC1=N[NH+]([O-])c2cc(-c3ccncc3)ccc2[NH+]1[O-]. The first kappa shape index (κ1) is 11.8. The summed E-state index contributed by atoms with van der Waals surface area (Å²) in [5, 5.41) is 26.2. The van der Waals surface area contributed by atoms with Crippen molar-refractivity contribution in [2.75, 3.05) is 0 Å². The van der Waals surface area contributed by atoms with Crippen molar-refractivity contribution in [1.82, 2.24) is 4.98 Å². The third kappa shape index (κ3) is 1.96. The normalized spacial score (nSPS) is 21.7. The molecule has 0 bridgehead atoms. The van der Waals surface area contributed by atoms with Gasteiger partial charge in [-0.15, -0.1) is 0 Å². The highest BCUT2D eigenvalue weighted by molar-refractivity contribution is 5.77. The van der Waals surface area contributed by atoms with Gasteiger partial charge in [0.05, 0.1) is 0 Å². The number of hydrogen-bond donors (Lipinski definition) is 3. The van der Waals surface area contributed by atoms with Crippen molar-refractivity contribution in [2.45, 2.75) is 0 Å². The van der Waals surface area contributed by atoms with Crippen molar-refractivity contribution in [3.63, 3.8) is 0 Å². The summed E-state index contributed by atoms with van der Waals surface area (Å²) >= 11 is 0. The number of nitrogens with one attached hydrogen (secondary N) is 2. The Balaban J connectivity index is 2.10. The lowest BCUT2D eigenvalue weighted by Gasteiger charge is -2.28. The van der Waals surface area contributed by atoms with E-state index in [0.717, 1.165) is 11.1 Å². The molecule has 1 aliphatic rings. The summed E-state index contributed by atoms with van der Waals surface area (Å²) in [5.41, 5.74) is 7.74. The maximum Gasteiger partial charge on any atom is 0.351 e. The number of rotatable bonds is 1. The van der Waals surface area contributed by atoms with Crippen LogP contribution in [0.1, 0.15) is 0 Å². The Bertz CT molecular complexity index is 644. The predicted molar refractivity (Wildman–Crippen MR) is 69.3 cm³/mol. The van der Waals surface area contributed by atoms with Gasteiger partial charge in [-0.3, -0.25) is 10.0 Å². The van der Waals surface area contributed by atoms with Crippen molar-refractivity contribution in [3.05, 3.63) is 53.1 Å². The van der Waals surface area contributed by atoms with E-state index in [0.29, 0.717) is 5.69 Å². The van der Waals surface area contributed by atoms with Gasteiger partial charge >= 0.3 is 5.96 Å². The molecule has 0 fully saturated rings. The van der Waals surface area contributed by atoms with Crippen molar-refractivity contribution in [3.8, 4) is 11.1 Å². The summed E-state index contributed by atoms with van der Waals surface area (Å²) in [6, 6.07) is 8.69. The van der Waals surface area contributed by atoms with Crippen LogP contribution in [0, 0.1) is 10.4 Å².